The van der Waals surface area contributed by atoms with Crippen molar-refractivity contribution in [3.8, 4) is 0 Å². The van der Waals surface area contributed by atoms with Crippen LogP contribution in [0.1, 0.15) is 2.85 Å². The Kier molecular flexibility index (Phi) is 8830. The Morgan fingerprint density at radius 1 is 0.733 bits per heavy atom. The largest absolute Gasteiger partial charge is 2.00 e. The fourth-order valence-corrected chi connectivity index (χ4v) is 0. The summed E-state index contributed by atoms with van der Waals surface area (Å²) in [6.07, 6.45) is 0. The molecule has 0 aliphatic carbocycles. The smallest absolute Gasteiger partial charge is 1.00 e. The van der Waals surface area contributed by atoms with Crippen LogP contribution in [0.3, 0.4) is 0 Å². The zero-order chi connectivity index (χ0) is 3.58. The SMILES string of the molecule is O.O.O.O.O.O.O.O.O.O.O=[N+]([O-])O.[H-].[H-].[Mg+2]. The molecule has 0 bridgehead atoms. The number of rotatable bonds is 0. The summed E-state index contributed by atoms with van der Waals surface area (Å²) < 4.78 is 0. The van der Waals surface area contributed by atoms with Gasteiger partial charge in [0.15, 0.2) is 0 Å². The fourth-order valence-electron chi connectivity index (χ4n) is 0. The summed E-state index contributed by atoms with van der Waals surface area (Å²) in [5.41, 5.74) is 0. The van der Waals surface area contributed by atoms with Crippen molar-refractivity contribution in [3.05, 3.63) is 10.1 Å². The van der Waals surface area contributed by atoms with Crippen molar-refractivity contribution < 1.29 is 67.9 Å². The monoisotopic (exact) mass is 269 g/mol. The van der Waals surface area contributed by atoms with Gasteiger partial charge in [0.05, 0.1) is 0 Å². The summed E-state index contributed by atoms with van der Waals surface area (Å²) >= 11 is 0. The maximum Gasteiger partial charge on any atom is 2.00 e. The normalized spacial score (nSPS) is 1.60. The van der Waals surface area contributed by atoms with Gasteiger partial charge in [0, 0.05) is 0 Å². The first kappa shape index (κ1) is 407. The van der Waals surface area contributed by atoms with E-state index in [1.54, 1.807) is 0 Å². The average Bonchev–Trinajstić information content (AvgIpc) is 0.811. The minimum absolute atomic E-state index is 0. The molecule has 21 N–H and O–H groups in total. The summed E-state index contributed by atoms with van der Waals surface area (Å²) in [5, 5.41) is 13.6. The van der Waals surface area contributed by atoms with E-state index in [4.69, 9.17) is 15.3 Å². The molecule has 0 aromatic heterocycles. The Labute approximate surface area is 102 Å². The summed E-state index contributed by atoms with van der Waals surface area (Å²) in [6.45, 7) is 0. The van der Waals surface area contributed by atoms with Crippen LogP contribution in [0, 0.1) is 10.1 Å². The van der Waals surface area contributed by atoms with Crippen LogP contribution in [0.4, 0.5) is 0 Å². The molecule has 0 unspecified atom stereocenters. The predicted molar refractivity (Wildman–Crippen MR) is 52.9 cm³/mol. The molecule has 0 aromatic carbocycles. The zero-order valence-electron chi connectivity index (χ0n) is 9.42. The predicted octanol–water partition coefficient (Wildman–Crippen LogP) is -8.75. The topological polar surface area (TPSA) is 378 Å². The summed E-state index contributed by atoms with van der Waals surface area (Å²) in [5.74, 6) is 0. The molecule has 0 aromatic rings. The molecular formula is H23MgNO13. The minimum Gasteiger partial charge on any atom is -1.00 e. The third kappa shape index (κ3) is 9650. The van der Waals surface area contributed by atoms with Crippen LogP contribution in [0.5, 0.6) is 0 Å². The minimum atomic E-state index is -1.50. The molecule has 0 aliphatic rings. The summed E-state index contributed by atoms with van der Waals surface area (Å²) in [4.78, 5) is 8.36. The molecule has 0 amide bonds. The van der Waals surface area contributed by atoms with E-state index in [2.05, 4.69) is 0 Å². The Balaban J connectivity index is -0.000000000577. The standard InChI is InChI=1S/Mg.HNO3.10H2O.2H/c;2-1(3)4;;;;;;;;;;;;/h;(H,2,3,4);10*1H2;;/q+2;;;;;;;;;;;;2*-1. The fraction of sp³-hybridized carbons (Fsp3) is 0. The summed E-state index contributed by atoms with van der Waals surface area (Å²) in [6, 6.07) is 0. The maximum atomic E-state index is 8.36. The van der Waals surface area contributed by atoms with E-state index in [1.807, 2.05) is 0 Å². The number of hydrogen-bond donors (Lipinski definition) is 1. The second-order valence-corrected chi connectivity index (χ2v) is 0.238. The first-order valence-electron chi connectivity index (χ1n) is 0.565. The number of hydrogen-bond acceptors (Lipinski definition) is 2. The van der Waals surface area contributed by atoms with Gasteiger partial charge in [0.1, 0.15) is 0 Å². The molecule has 0 saturated heterocycles. The molecule has 0 atom stereocenters. The van der Waals surface area contributed by atoms with Crippen molar-refractivity contribution in [2.45, 2.75) is 0 Å². The van der Waals surface area contributed by atoms with Gasteiger partial charge in [-0.25, -0.2) is 0 Å². The van der Waals surface area contributed by atoms with E-state index in [0.717, 1.165) is 0 Å². The van der Waals surface area contributed by atoms with E-state index in [-0.39, 0.29) is 80.7 Å². The third-order valence-electron chi connectivity index (χ3n) is 0. The van der Waals surface area contributed by atoms with Crippen molar-refractivity contribution in [1.82, 2.24) is 0 Å². The van der Waals surface area contributed by atoms with Crippen LogP contribution in [-0.4, -0.2) is 88.1 Å². The molecular weight excluding hydrogens is 246 g/mol. The zero-order valence-corrected chi connectivity index (χ0v) is 8.83. The molecule has 108 valence electrons. The van der Waals surface area contributed by atoms with Crippen molar-refractivity contribution in [2.75, 3.05) is 0 Å². The third-order valence-corrected chi connectivity index (χ3v) is 0. The molecule has 0 spiro atoms. The van der Waals surface area contributed by atoms with Gasteiger partial charge in [0.2, 0.25) is 0 Å². The van der Waals surface area contributed by atoms with Gasteiger partial charge in [-0.3, -0.25) is 0 Å². The Bertz CT molecular complexity index is 42.4. The van der Waals surface area contributed by atoms with Crippen LogP contribution in [0.15, 0.2) is 0 Å². The van der Waals surface area contributed by atoms with E-state index in [0.29, 0.717) is 0 Å². The van der Waals surface area contributed by atoms with Crippen LogP contribution < -0.4 is 0 Å². The van der Waals surface area contributed by atoms with E-state index >= 15 is 0 Å². The molecule has 14 nitrogen and oxygen atoms in total. The van der Waals surface area contributed by atoms with E-state index < -0.39 is 5.09 Å². The molecule has 0 rings (SSSR count). The molecule has 0 saturated carbocycles. The molecule has 15 heavy (non-hydrogen) atoms. The Morgan fingerprint density at radius 2 is 0.733 bits per heavy atom. The van der Waals surface area contributed by atoms with Gasteiger partial charge in [0.25, 0.3) is 5.09 Å². The van der Waals surface area contributed by atoms with Gasteiger partial charge in [-0.05, 0) is 0 Å². The van der Waals surface area contributed by atoms with Crippen molar-refractivity contribution in [1.29, 1.82) is 0 Å². The molecule has 15 heteroatoms. The van der Waals surface area contributed by atoms with Crippen LogP contribution in [0.25, 0.3) is 0 Å². The molecule has 0 aliphatic heterocycles. The average molecular weight is 269 g/mol. The van der Waals surface area contributed by atoms with Crippen LogP contribution >= 0.6 is 0 Å². The van der Waals surface area contributed by atoms with Crippen molar-refractivity contribution in [2.24, 2.45) is 0 Å². The first-order valence-corrected chi connectivity index (χ1v) is 0.565. The van der Waals surface area contributed by atoms with Gasteiger partial charge < -0.3 is 62.8 Å². The van der Waals surface area contributed by atoms with Gasteiger partial charge in [-0.1, -0.05) is 0 Å². The van der Waals surface area contributed by atoms with Gasteiger partial charge in [-0.2, -0.15) is 0 Å². The van der Waals surface area contributed by atoms with Crippen molar-refractivity contribution >= 4 is 23.1 Å². The first-order chi connectivity index (χ1) is 1.73. The van der Waals surface area contributed by atoms with E-state index in [9.17, 15) is 0 Å². The summed E-state index contributed by atoms with van der Waals surface area (Å²) in [7, 11) is 0. The quantitative estimate of drug-likeness (QED) is 0.254. The van der Waals surface area contributed by atoms with Crippen LogP contribution in [-0.2, 0) is 0 Å². The molecule has 0 radical (unpaired) electrons. The van der Waals surface area contributed by atoms with Crippen LogP contribution in [0.2, 0.25) is 0 Å². The van der Waals surface area contributed by atoms with E-state index in [1.165, 1.54) is 0 Å². The molecule has 0 heterocycles. The maximum absolute atomic E-state index is 8.36. The molecule has 0 fully saturated rings. The number of nitrogens with zero attached hydrogens (tertiary/aromatic N) is 1. The second-order valence-electron chi connectivity index (χ2n) is 0.238. The van der Waals surface area contributed by atoms with Crippen molar-refractivity contribution in [3.63, 3.8) is 0 Å². The van der Waals surface area contributed by atoms with Gasteiger partial charge >= 0.3 is 23.1 Å². The van der Waals surface area contributed by atoms with Gasteiger partial charge in [-0.15, -0.1) is 10.1 Å². The Hall–Kier alpha value is -0.434. The Morgan fingerprint density at radius 3 is 0.733 bits per heavy atom. The second kappa shape index (κ2) is 325.